The van der Waals surface area contributed by atoms with E-state index in [2.05, 4.69) is 0 Å². The van der Waals surface area contributed by atoms with Crippen molar-refractivity contribution < 1.29 is 18.4 Å². The molecule has 2 bridgehead atoms. The Morgan fingerprint density at radius 3 is 2.55 bits per heavy atom. The summed E-state index contributed by atoms with van der Waals surface area (Å²) in [5, 5.41) is 10.9. The molecule has 0 radical (unpaired) electrons. The largest absolute Gasteiger partial charge is 0.497 e. The summed E-state index contributed by atoms with van der Waals surface area (Å²) in [7, 11) is 0.607. The number of ether oxygens (including phenoxy) is 1. The molecule has 2 aliphatic rings. The third kappa shape index (κ3) is 2.27. The fraction of sp³-hybridized carbons (Fsp3) is 0.600. The molecular formula is C15H19FO3S. The van der Waals surface area contributed by atoms with Crippen molar-refractivity contribution in [1.29, 1.82) is 0 Å². The number of aliphatic hydroxyl groups is 1. The molecule has 2 heterocycles. The van der Waals surface area contributed by atoms with Crippen LogP contribution >= 0.6 is 0 Å². The van der Waals surface area contributed by atoms with Crippen molar-refractivity contribution in [2.75, 3.05) is 7.11 Å². The standard InChI is InChI=1S/C15H19FO3S/c1-19-10-5-6-13(14(16)7-10)15(17)8-11-3-2-4-12(9-15)20(11)18/h5-7,11-12,17H,2-4,8-9H2,1H3. The molecule has 2 aliphatic heterocycles. The van der Waals surface area contributed by atoms with Crippen LogP contribution in [-0.2, 0) is 16.4 Å². The minimum Gasteiger partial charge on any atom is -0.497 e. The van der Waals surface area contributed by atoms with Gasteiger partial charge in [0.15, 0.2) is 0 Å². The topological polar surface area (TPSA) is 46.5 Å². The zero-order valence-corrected chi connectivity index (χ0v) is 12.3. The van der Waals surface area contributed by atoms with Crippen LogP contribution in [0.3, 0.4) is 0 Å². The highest BCUT2D eigenvalue weighted by atomic mass is 32.2. The summed E-state index contributed by atoms with van der Waals surface area (Å²) in [6.45, 7) is 0. The number of rotatable bonds is 2. The van der Waals surface area contributed by atoms with E-state index < -0.39 is 22.2 Å². The number of fused-ring (bicyclic) bond motifs is 2. The van der Waals surface area contributed by atoms with E-state index in [0.717, 1.165) is 19.3 Å². The van der Waals surface area contributed by atoms with E-state index in [-0.39, 0.29) is 10.5 Å². The van der Waals surface area contributed by atoms with Crippen molar-refractivity contribution in [2.24, 2.45) is 0 Å². The predicted octanol–water partition coefficient (Wildman–Crippen LogP) is 2.49. The molecular weight excluding hydrogens is 279 g/mol. The van der Waals surface area contributed by atoms with Gasteiger partial charge in [-0.1, -0.05) is 6.42 Å². The number of methoxy groups -OCH3 is 1. The van der Waals surface area contributed by atoms with Crippen LogP contribution in [0.4, 0.5) is 4.39 Å². The average molecular weight is 298 g/mol. The second-order valence-corrected chi connectivity index (χ2v) is 7.78. The van der Waals surface area contributed by atoms with Gasteiger partial charge in [0.05, 0.1) is 12.7 Å². The highest BCUT2D eigenvalue weighted by Gasteiger charge is 2.47. The summed E-state index contributed by atoms with van der Waals surface area (Å²) in [5.74, 6) is -0.00737. The maximum absolute atomic E-state index is 14.2. The summed E-state index contributed by atoms with van der Waals surface area (Å²) < 4.78 is 31.4. The van der Waals surface area contributed by atoms with Gasteiger partial charge in [0.25, 0.3) is 0 Å². The fourth-order valence-electron chi connectivity index (χ4n) is 3.50. The Kier molecular flexibility index (Phi) is 3.58. The lowest BCUT2D eigenvalue weighted by Crippen LogP contribution is -2.47. The third-order valence-corrected chi connectivity index (χ3v) is 6.64. The normalized spacial score (nSPS) is 36.6. The van der Waals surface area contributed by atoms with E-state index in [9.17, 15) is 13.7 Å². The molecule has 1 aromatic carbocycles. The van der Waals surface area contributed by atoms with E-state index >= 15 is 0 Å². The molecule has 3 rings (SSSR count). The molecule has 110 valence electrons. The van der Waals surface area contributed by atoms with Crippen LogP contribution in [0.2, 0.25) is 0 Å². The van der Waals surface area contributed by atoms with Crippen LogP contribution in [0.15, 0.2) is 18.2 Å². The lowest BCUT2D eigenvalue weighted by atomic mass is 9.80. The van der Waals surface area contributed by atoms with Crippen LogP contribution in [-0.4, -0.2) is 26.9 Å². The van der Waals surface area contributed by atoms with Crippen LogP contribution in [0.5, 0.6) is 5.75 Å². The molecule has 0 amide bonds. The summed E-state index contributed by atoms with van der Waals surface area (Å²) >= 11 is 0. The van der Waals surface area contributed by atoms with E-state index in [1.807, 2.05) is 0 Å². The van der Waals surface area contributed by atoms with Gasteiger partial charge in [-0.15, -0.1) is 0 Å². The first-order chi connectivity index (χ1) is 9.53. The van der Waals surface area contributed by atoms with Gasteiger partial charge in [-0.3, -0.25) is 4.21 Å². The van der Waals surface area contributed by atoms with E-state index in [4.69, 9.17) is 4.74 Å². The van der Waals surface area contributed by atoms with Crippen molar-refractivity contribution >= 4 is 10.8 Å². The minimum absolute atomic E-state index is 0.00555. The Balaban J connectivity index is 1.95. The van der Waals surface area contributed by atoms with Crippen LogP contribution in [0.1, 0.15) is 37.7 Å². The monoisotopic (exact) mass is 298 g/mol. The average Bonchev–Trinajstić information content (AvgIpc) is 2.40. The molecule has 1 aromatic rings. The highest BCUT2D eigenvalue weighted by Crippen LogP contribution is 2.45. The molecule has 20 heavy (non-hydrogen) atoms. The van der Waals surface area contributed by atoms with E-state index in [0.29, 0.717) is 24.2 Å². The number of hydrogen-bond donors (Lipinski definition) is 1. The van der Waals surface area contributed by atoms with Crippen LogP contribution in [0.25, 0.3) is 0 Å². The fourth-order valence-corrected chi connectivity index (χ4v) is 5.73. The van der Waals surface area contributed by atoms with Crippen molar-refractivity contribution in [1.82, 2.24) is 0 Å². The van der Waals surface area contributed by atoms with Gasteiger partial charge in [-0.25, -0.2) is 4.39 Å². The SMILES string of the molecule is COc1ccc(C2(O)CC3CCCC(C2)S3=O)c(F)c1. The molecule has 2 unspecified atom stereocenters. The summed E-state index contributed by atoms with van der Waals surface area (Å²) in [4.78, 5) is 0. The molecule has 0 spiro atoms. The van der Waals surface area contributed by atoms with Crippen molar-refractivity contribution in [2.45, 2.75) is 48.2 Å². The third-order valence-electron chi connectivity index (χ3n) is 4.52. The van der Waals surface area contributed by atoms with Crippen LogP contribution in [0, 0.1) is 5.82 Å². The first kappa shape index (κ1) is 14.0. The van der Waals surface area contributed by atoms with E-state index in [1.54, 1.807) is 12.1 Å². The Morgan fingerprint density at radius 1 is 1.35 bits per heavy atom. The second-order valence-electron chi connectivity index (χ2n) is 5.79. The summed E-state index contributed by atoms with van der Waals surface area (Å²) in [6, 6.07) is 4.56. The maximum Gasteiger partial charge on any atom is 0.132 e. The quantitative estimate of drug-likeness (QED) is 0.912. The van der Waals surface area contributed by atoms with Gasteiger partial charge in [0.2, 0.25) is 0 Å². The van der Waals surface area contributed by atoms with Crippen molar-refractivity contribution in [3.8, 4) is 5.75 Å². The molecule has 0 aliphatic carbocycles. The molecule has 3 nitrogen and oxygen atoms in total. The van der Waals surface area contributed by atoms with Gasteiger partial charge in [0, 0.05) is 32.9 Å². The predicted molar refractivity (Wildman–Crippen MR) is 75.7 cm³/mol. The maximum atomic E-state index is 14.2. The molecule has 2 saturated heterocycles. The Bertz CT molecular complexity index is 530. The van der Waals surface area contributed by atoms with Gasteiger partial charge in [-0.2, -0.15) is 0 Å². The van der Waals surface area contributed by atoms with Gasteiger partial charge < -0.3 is 9.84 Å². The molecule has 2 fully saturated rings. The first-order valence-electron chi connectivity index (χ1n) is 6.99. The van der Waals surface area contributed by atoms with Gasteiger partial charge in [-0.05, 0) is 37.8 Å². The first-order valence-corrected chi connectivity index (χ1v) is 8.27. The minimum atomic E-state index is -1.19. The molecule has 5 heteroatoms. The van der Waals surface area contributed by atoms with Crippen molar-refractivity contribution in [3.05, 3.63) is 29.6 Å². The molecule has 2 atom stereocenters. The zero-order chi connectivity index (χ0) is 14.3. The molecule has 1 N–H and O–H groups in total. The highest BCUT2D eigenvalue weighted by molar-refractivity contribution is 7.86. The Labute approximate surface area is 120 Å². The Hall–Kier alpha value is -0.940. The van der Waals surface area contributed by atoms with Gasteiger partial charge in [0.1, 0.15) is 11.6 Å². The lowest BCUT2D eigenvalue weighted by Gasteiger charge is -2.43. The number of hydrogen-bond acceptors (Lipinski definition) is 3. The molecule has 0 aromatic heterocycles. The molecule has 0 saturated carbocycles. The Morgan fingerprint density at radius 2 is 2.00 bits per heavy atom. The summed E-state index contributed by atoms with van der Waals surface area (Å²) in [6.07, 6.45) is 3.56. The van der Waals surface area contributed by atoms with Crippen LogP contribution < -0.4 is 4.74 Å². The number of benzene rings is 1. The number of halogens is 1. The summed E-state index contributed by atoms with van der Waals surface area (Å²) in [5.41, 5.74) is -0.882. The zero-order valence-electron chi connectivity index (χ0n) is 11.5. The smallest absolute Gasteiger partial charge is 0.132 e. The second kappa shape index (κ2) is 5.11. The van der Waals surface area contributed by atoms with Gasteiger partial charge >= 0.3 is 0 Å². The van der Waals surface area contributed by atoms with Crippen molar-refractivity contribution in [3.63, 3.8) is 0 Å². The van der Waals surface area contributed by atoms with E-state index in [1.165, 1.54) is 13.2 Å². The lowest BCUT2D eigenvalue weighted by molar-refractivity contribution is 0.00332.